The normalized spacial score (nSPS) is 11.3. The van der Waals surface area contributed by atoms with E-state index in [2.05, 4.69) is 9.97 Å². The summed E-state index contributed by atoms with van der Waals surface area (Å²) < 4.78 is 37.1. The number of hydrogen-bond acceptors (Lipinski definition) is 4. The summed E-state index contributed by atoms with van der Waals surface area (Å²) in [6, 6.07) is 1.13. The molecule has 100 valence electrons. The van der Waals surface area contributed by atoms with Crippen LogP contribution in [0.2, 0.25) is 0 Å². The number of carboxylic acids is 1. The van der Waals surface area contributed by atoms with Crippen LogP contribution in [0, 0.1) is 0 Å². The summed E-state index contributed by atoms with van der Waals surface area (Å²) in [5.74, 6) is -1.53. The standard InChI is InChI=1S/C10H12F3N3O2/c1-2-5-16(6-10(11,12)13)9-14-4-3-7(15-9)8(17)18/h3-4H,2,5-6H2,1H3,(H,17,18). The van der Waals surface area contributed by atoms with E-state index in [-0.39, 0.29) is 18.2 Å². The van der Waals surface area contributed by atoms with Gasteiger partial charge >= 0.3 is 12.1 Å². The van der Waals surface area contributed by atoms with E-state index in [1.165, 1.54) is 0 Å². The lowest BCUT2D eigenvalue weighted by Gasteiger charge is -2.23. The maximum Gasteiger partial charge on any atom is 0.406 e. The van der Waals surface area contributed by atoms with E-state index in [0.29, 0.717) is 6.42 Å². The van der Waals surface area contributed by atoms with Gasteiger partial charge in [0, 0.05) is 12.7 Å². The highest BCUT2D eigenvalue weighted by atomic mass is 19.4. The third-order valence-corrected chi connectivity index (χ3v) is 2.01. The maximum absolute atomic E-state index is 12.4. The Bertz CT molecular complexity index is 423. The number of alkyl halides is 3. The third-order valence-electron chi connectivity index (χ3n) is 2.01. The van der Waals surface area contributed by atoms with Gasteiger partial charge in [-0.05, 0) is 12.5 Å². The lowest BCUT2D eigenvalue weighted by atomic mass is 10.4. The molecule has 1 aromatic rings. The zero-order chi connectivity index (χ0) is 13.8. The van der Waals surface area contributed by atoms with Gasteiger partial charge in [-0.2, -0.15) is 13.2 Å². The average Bonchev–Trinajstić information content (AvgIpc) is 2.27. The van der Waals surface area contributed by atoms with Crippen LogP contribution < -0.4 is 4.90 Å². The summed E-state index contributed by atoms with van der Waals surface area (Å²) in [7, 11) is 0. The van der Waals surface area contributed by atoms with E-state index in [9.17, 15) is 18.0 Å². The van der Waals surface area contributed by atoms with Gasteiger partial charge in [0.05, 0.1) is 0 Å². The summed E-state index contributed by atoms with van der Waals surface area (Å²) in [4.78, 5) is 18.9. The van der Waals surface area contributed by atoms with Crippen molar-refractivity contribution in [2.45, 2.75) is 19.5 Å². The summed E-state index contributed by atoms with van der Waals surface area (Å²) >= 11 is 0. The van der Waals surface area contributed by atoms with E-state index in [1.807, 2.05) is 0 Å². The van der Waals surface area contributed by atoms with E-state index >= 15 is 0 Å². The molecule has 1 heterocycles. The van der Waals surface area contributed by atoms with Crippen LogP contribution in [0.1, 0.15) is 23.8 Å². The summed E-state index contributed by atoms with van der Waals surface area (Å²) in [6.07, 6.45) is -2.79. The number of nitrogens with zero attached hydrogens (tertiary/aromatic N) is 3. The Morgan fingerprint density at radius 2 is 2.17 bits per heavy atom. The molecule has 1 aromatic heterocycles. The Morgan fingerprint density at radius 1 is 1.50 bits per heavy atom. The Balaban J connectivity index is 2.98. The quantitative estimate of drug-likeness (QED) is 0.879. The second kappa shape index (κ2) is 5.65. The molecule has 0 bridgehead atoms. The first-order valence-corrected chi connectivity index (χ1v) is 5.21. The van der Waals surface area contributed by atoms with Gasteiger partial charge in [-0.3, -0.25) is 0 Å². The fourth-order valence-electron chi connectivity index (χ4n) is 1.36. The fourth-order valence-corrected chi connectivity index (χ4v) is 1.36. The number of aromatic carboxylic acids is 1. The van der Waals surface area contributed by atoms with E-state index in [0.717, 1.165) is 17.2 Å². The van der Waals surface area contributed by atoms with Gasteiger partial charge in [0.15, 0.2) is 5.69 Å². The van der Waals surface area contributed by atoms with Gasteiger partial charge in [-0.1, -0.05) is 6.92 Å². The minimum atomic E-state index is -4.39. The van der Waals surface area contributed by atoms with Crippen molar-refractivity contribution >= 4 is 11.9 Å². The van der Waals surface area contributed by atoms with Gasteiger partial charge < -0.3 is 10.0 Å². The van der Waals surface area contributed by atoms with Crippen molar-refractivity contribution in [1.29, 1.82) is 0 Å². The molecule has 18 heavy (non-hydrogen) atoms. The Morgan fingerprint density at radius 3 is 2.67 bits per heavy atom. The smallest absolute Gasteiger partial charge is 0.406 e. The minimum absolute atomic E-state index is 0.0998. The largest absolute Gasteiger partial charge is 0.477 e. The molecule has 8 heteroatoms. The predicted molar refractivity (Wildman–Crippen MR) is 57.6 cm³/mol. The number of hydrogen-bond donors (Lipinski definition) is 1. The molecule has 0 radical (unpaired) electrons. The number of halogens is 3. The zero-order valence-electron chi connectivity index (χ0n) is 9.61. The van der Waals surface area contributed by atoms with Crippen molar-refractivity contribution in [1.82, 2.24) is 9.97 Å². The maximum atomic E-state index is 12.4. The van der Waals surface area contributed by atoms with Crippen molar-refractivity contribution in [3.05, 3.63) is 18.0 Å². The molecule has 0 fully saturated rings. The van der Waals surface area contributed by atoms with E-state index in [1.54, 1.807) is 6.92 Å². The van der Waals surface area contributed by atoms with E-state index in [4.69, 9.17) is 5.11 Å². The van der Waals surface area contributed by atoms with Crippen LogP contribution in [0.5, 0.6) is 0 Å². The van der Waals surface area contributed by atoms with Crippen molar-refractivity contribution in [2.24, 2.45) is 0 Å². The molecule has 0 spiro atoms. The highest BCUT2D eigenvalue weighted by Gasteiger charge is 2.31. The molecule has 0 amide bonds. The van der Waals surface area contributed by atoms with Gasteiger partial charge in [0.2, 0.25) is 5.95 Å². The van der Waals surface area contributed by atoms with Gasteiger partial charge in [0.1, 0.15) is 6.54 Å². The van der Waals surface area contributed by atoms with Crippen LogP contribution in [0.3, 0.4) is 0 Å². The second-order valence-electron chi connectivity index (χ2n) is 3.58. The lowest BCUT2D eigenvalue weighted by Crippen LogP contribution is -2.36. The molecule has 5 nitrogen and oxygen atoms in total. The van der Waals surface area contributed by atoms with Crippen LogP contribution in [0.25, 0.3) is 0 Å². The SMILES string of the molecule is CCCN(CC(F)(F)F)c1nccc(C(=O)O)n1. The van der Waals surface area contributed by atoms with Crippen molar-refractivity contribution < 1.29 is 23.1 Å². The Kier molecular flexibility index (Phi) is 4.46. The van der Waals surface area contributed by atoms with Crippen molar-refractivity contribution in [2.75, 3.05) is 18.0 Å². The number of aromatic nitrogens is 2. The van der Waals surface area contributed by atoms with Gasteiger partial charge in [-0.25, -0.2) is 14.8 Å². The summed E-state index contributed by atoms with van der Waals surface area (Å²) in [5, 5.41) is 8.72. The zero-order valence-corrected chi connectivity index (χ0v) is 9.61. The fraction of sp³-hybridized carbons (Fsp3) is 0.500. The Labute approximate surface area is 101 Å². The number of carbonyl (C=O) groups is 1. The highest BCUT2D eigenvalue weighted by molar-refractivity contribution is 5.85. The lowest BCUT2D eigenvalue weighted by molar-refractivity contribution is -0.119. The molecule has 0 atom stereocenters. The topological polar surface area (TPSA) is 66.3 Å². The van der Waals surface area contributed by atoms with Gasteiger partial charge in [0.25, 0.3) is 0 Å². The molecule has 1 N–H and O–H groups in total. The van der Waals surface area contributed by atoms with Crippen LogP contribution >= 0.6 is 0 Å². The number of rotatable bonds is 5. The molecule has 0 aliphatic heterocycles. The van der Waals surface area contributed by atoms with Gasteiger partial charge in [-0.15, -0.1) is 0 Å². The summed E-state index contributed by atoms with van der Waals surface area (Å²) in [5.41, 5.74) is -0.330. The first-order valence-electron chi connectivity index (χ1n) is 5.21. The van der Waals surface area contributed by atoms with Crippen LogP contribution in [-0.4, -0.2) is 40.3 Å². The molecular weight excluding hydrogens is 251 g/mol. The molecule has 0 aliphatic carbocycles. The first-order chi connectivity index (χ1) is 8.33. The van der Waals surface area contributed by atoms with Crippen molar-refractivity contribution in [3.63, 3.8) is 0 Å². The summed E-state index contributed by atoms with van der Waals surface area (Å²) in [6.45, 7) is 0.608. The molecule has 0 aliphatic rings. The molecule has 0 unspecified atom stereocenters. The molecular formula is C10H12F3N3O2. The number of anilines is 1. The minimum Gasteiger partial charge on any atom is -0.477 e. The molecule has 1 rings (SSSR count). The first kappa shape index (κ1) is 14.2. The predicted octanol–water partition coefficient (Wildman–Crippen LogP) is 1.95. The van der Waals surface area contributed by atoms with Crippen LogP contribution in [-0.2, 0) is 0 Å². The molecule has 0 saturated heterocycles. The monoisotopic (exact) mass is 263 g/mol. The third kappa shape index (κ3) is 4.19. The van der Waals surface area contributed by atoms with Crippen LogP contribution in [0.4, 0.5) is 19.1 Å². The Hall–Kier alpha value is -1.86. The van der Waals surface area contributed by atoms with Crippen molar-refractivity contribution in [3.8, 4) is 0 Å². The van der Waals surface area contributed by atoms with E-state index < -0.39 is 18.7 Å². The molecule has 0 saturated carbocycles. The molecule has 0 aromatic carbocycles. The van der Waals surface area contributed by atoms with Crippen LogP contribution in [0.15, 0.2) is 12.3 Å². The second-order valence-corrected chi connectivity index (χ2v) is 3.58. The number of carboxylic acid groups (broad SMARTS) is 1. The average molecular weight is 263 g/mol. The highest BCUT2D eigenvalue weighted by Crippen LogP contribution is 2.19.